The zero-order valence-corrected chi connectivity index (χ0v) is 9.99. The van der Waals surface area contributed by atoms with Gasteiger partial charge in [-0.25, -0.2) is 4.39 Å². The molecule has 0 heterocycles. The molecule has 0 bridgehead atoms. The van der Waals surface area contributed by atoms with Crippen LogP contribution in [0.4, 0.5) is 4.39 Å². The third-order valence-corrected chi connectivity index (χ3v) is 6.23. The molecule has 0 aromatic heterocycles. The van der Waals surface area contributed by atoms with Crippen molar-refractivity contribution in [2.45, 2.75) is 33.5 Å². The van der Waals surface area contributed by atoms with Crippen LogP contribution in [-0.4, -0.2) is 20.7 Å². The van der Waals surface area contributed by atoms with Crippen LogP contribution in [0, 0.1) is 0 Å². The Hall–Kier alpha value is 1.37. The van der Waals surface area contributed by atoms with Gasteiger partial charge in [-0.05, 0) is 12.8 Å². The van der Waals surface area contributed by atoms with Gasteiger partial charge in [0.15, 0.2) is 0 Å². The van der Waals surface area contributed by atoms with Crippen LogP contribution in [0.5, 0.6) is 0 Å². The molecular formula is C6H8Br3F. The standard InChI is InChI=1S/C6H8Br3F/c7-4-1-3(10)2-5(8)6(4)9/h3-6H,1-2H2. The second kappa shape index (κ2) is 3.85. The van der Waals surface area contributed by atoms with E-state index >= 15 is 0 Å². The third-order valence-electron chi connectivity index (χ3n) is 1.65. The molecule has 0 aliphatic heterocycles. The van der Waals surface area contributed by atoms with Crippen molar-refractivity contribution in [2.24, 2.45) is 0 Å². The van der Waals surface area contributed by atoms with E-state index in [2.05, 4.69) is 47.8 Å². The zero-order valence-electron chi connectivity index (χ0n) is 5.24. The fourth-order valence-electron chi connectivity index (χ4n) is 1.07. The summed E-state index contributed by atoms with van der Waals surface area (Å²) >= 11 is 10.3. The van der Waals surface area contributed by atoms with Gasteiger partial charge in [0.05, 0.1) is 0 Å². The van der Waals surface area contributed by atoms with Crippen LogP contribution >= 0.6 is 47.8 Å². The van der Waals surface area contributed by atoms with E-state index in [1.54, 1.807) is 0 Å². The van der Waals surface area contributed by atoms with Crippen molar-refractivity contribution in [3.8, 4) is 0 Å². The molecule has 0 N–H and O–H groups in total. The van der Waals surface area contributed by atoms with Crippen LogP contribution in [0.3, 0.4) is 0 Å². The number of hydrogen-bond acceptors (Lipinski definition) is 0. The van der Waals surface area contributed by atoms with E-state index in [0.29, 0.717) is 17.7 Å². The lowest BCUT2D eigenvalue weighted by atomic mass is 9.99. The first kappa shape index (κ1) is 9.46. The molecule has 1 saturated carbocycles. The second-order valence-electron chi connectivity index (χ2n) is 2.55. The Balaban J connectivity index is 2.49. The highest BCUT2D eigenvalue weighted by Crippen LogP contribution is 2.35. The largest absolute Gasteiger partial charge is 0.247 e. The molecular weight excluding hydrogens is 331 g/mol. The summed E-state index contributed by atoms with van der Waals surface area (Å²) in [7, 11) is 0. The van der Waals surface area contributed by atoms with E-state index in [1.165, 1.54) is 0 Å². The highest BCUT2D eigenvalue weighted by molar-refractivity contribution is 9.13. The Labute approximate surface area is 85.3 Å². The van der Waals surface area contributed by atoms with Crippen molar-refractivity contribution in [2.75, 3.05) is 0 Å². The average Bonchev–Trinajstić information content (AvgIpc) is 1.82. The summed E-state index contributed by atoms with van der Waals surface area (Å²) in [4.78, 5) is 0.890. The molecule has 0 spiro atoms. The molecule has 0 aromatic rings. The monoisotopic (exact) mass is 336 g/mol. The molecule has 0 radical (unpaired) electrons. The zero-order chi connectivity index (χ0) is 7.72. The highest BCUT2D eigenvalue weighted by Gasteiger charge is 2.33. The van der Waals surface area contributed by atoms with Gasteiger partial charge in [-0.15, -0.1) is 0 Å². The van der Waals surface area contributed by atoms with Gasteiger partial charge in [0.1, 0.15) is 6.17 Å². The average molecular weight is 339 g/mol. The summed E-state index contributed by atoms with van der Waals surface area (Å²) in [5.41, 5.74) is 0. The lowest BCUT2D eigenvalue weighted by Crippen LogP contribution is -2.34. The van der Waals surface area contributed by atoms with Crippen molar-refractivity contribution in [1.82, 2.24) is 0 Å². The normalized spacial score (nSPS) is 49.2. The van der Waals surface area contributed by atoms with Gasteiger partial charge in [-0.3, -0.25) is 0 Å². The number of halogens is 4. The molecule has 0 saturated heterocycles. The van der Waals surface area contributed by atoms with Gasteiger partial charge < -0.3 is 0 Å². The first-order valence-corrected chi connectivity index (χ1v) is 5.92. The van der Waals surface area contributed by atoms with E-state index in [4.69, 9.17) is 0 Å². The van der Waals surface area contributed by atoms with Crippen LogP contribution in [-0.2, 0) is 0 Å². The third kappa shape index (κ3) is 2.18. The number of hydrogen-bond donors (Lipinski definition) is 0. The summed E-state index contributed by atoms with van der Waals surface area (Å²) < 4.78 is 12.8. The quantitative estimate of drug-likeness (QED) is 0.594. The van der Waals surface area contributed by atoms with E-state index in [9.17, 15) is 4.39 Å². The van der Waals surface area contributed by atoms with Crippen LogP contribution in [0.2, 0.25) is 0 Å². The Kier molecular flexibility index (Phi) is 3.65. The van der Waals surface area contributed by atoms with E-state index in [1.807, 2.05) is 0 Å². The van der Waals surface area contributed by atoms with Crippen LogP contribution in [0.25, 0.3) is 0 Å². The molecule has 1 fully saturated rings. The van der Waals surface area contributed by atoms with Gasteiger partial charge in [-0.2, -0.15) is 0 Å². The summed E-state index contributed by atoms with van der Waals surface area (Å²) in [5, 5.41) is 0. The van der Waals surface area contributed by atoms with Crippen molar-refractivity contribution >= 4 is 47.8 Å². The SMILES string of the molecule is FC1CC(Br)C(Br)C(Br)C1. The molecule has 2 unspecified atom stereocenters. The van der Waals surface area contributed by atoms with Crippen molar-refractivity contribution < 1.29 is 4.39 Å². The van der Waals surface area contributed by atoms with Gasteiger partial charge in [-0.1, -0.05) is 47.8 Å². The smallest absolute Gasteiger partial charge is 0.102 e. The molecule has 10 heavy (non-hydrogen) atoms. The van der Waals surface area contributed by atoms with E-state index in [0.717, 1.165) is 0 Å². The topological polar surface area (TPSA) is 0 Å². The second-order valence-corrected chi connectivity index (χ2v) is 5.95. The lowest BCUT2D eigenvalue weighted by Gasteiger charge is -2.29. The predicted octanol–water partition coefficient (Wildman–Crippen LogP) is 3.41. The summed E-state index contributed by atoms with van der Waals surface area (Å²) in [5.74, 6) is 0. The van der Waals surface area contributed by atoms with Crippen LogP contribution in [0.15, 0.2) is 0 Å². The van der Waals surface area contributed by atoms with E-state index < -0.39 is 6.17 Å². The van der Waals surface area contributed by atoms with Gasteiger partial charge in [0, 0.05) is 14.5 Å². The fraction of sp³-hybridized carbons (Fsp3) is 1.00. The fourth-order valence-corrected chi connectivity index (χ4v) is 3.46. The van der Waals surface area contributed by atoms with Crippen molar-refractivity contribution in [3.63, 3.8) is 0 Å². The van der Waals surface area contributed by atoms with Gasteiger partial charge in [0.2, 0.25) is 0 Å². The summed E-state index contributed by atoms with van der Waals surface area (Å²) in [6, 6.07) is 0. The first-order chi connectivity index (χ1) is 4.61. The Morgan fingerprint density at radius 2 is 1.40 bits per heavy atom. The minimum atomic E-state index is -0.650. The molecule has 1 rings (SSSR count). The van der Waals surface area contributed by atoms with Gasteiger partial charge in [0.25, 0.3) is 0 Å². The minimum absolute atomic E-state index is 0.264. The predicted molar refractivity (Wildman–Crippen MR) is 52.3 cm³/mol. The minimum Gasteiger partial charge on any atom is -0.247 e. The Bertz CT molecular complexity index is 108. The summed E-state index contributed by atoms with van der Waals surface area (Å²) in [6.45, 7) is 0. The number of rotatable bonds is 0. The maximum Gasteiger partial charge on any atom is 0.102 e. The van der Waals surface area contributed by atoms with Crippen LogP contribution in [0.1, 0.15) is 12.8 Å². The molecule has 1 aliphatic carbocycles. The van der Waals surface area contributed by atoms with Crippen molar-refractivity contribution in [3.05, 3.63) is 0 Å². The molecule has 0 aromatic carbocycles. The molecule has 4 heteroatoms. The molecule has 60 valence electrons. The molecule has 2 atom stereocenters. The highest BCUT2D eigenvalue weighted by atomic mass is 79.9. The van der Waals surface area contributed by atoms with Crippen LogP contribution < -0.4 is 0 Å². The Morgan fingerprint density at radius 3 is 1.80 bits per heavy atom. The maximum atomic E-state index is 12.8. The van der Waals surface area contributed by atoms with Crippen molar-refractivity contribution in [1.29, 1.82) is 0 Å². The molecule has 1 aliphatic rings. The number of alkyl halides is 4. The first-order valence-electron chi connectivity index (χ1n) is 3.17. The lowest BCUT2D eigenvalue weighted by molar-refractivity contribution is 0.268. The van der Waals surface area contributed by atoms with E-state index in [-0.39, 0.29) is 9.65 Å². The maximum absolute atomic E-state index is 12.8. The Morgan fingerprint density at radius 1 is 1.00 bits per heavy atom. The summed E-state index contributed by atoms with van der Waals surface area (Å²) in [6.07, 6.45) is 0.596. The van der Waals surface area contributed by atoms with Gasteiger partial charge >= 0.3 is 0 Å². The molecule has 0 nitrogen and oxygen atoms in total. The molecule has 0 amide bonds.